The quantitative estimate of drug-likeness (QED) is 0.581. The van der Waals surface area contributed by atoms with Gasteiger partial charge < -0.3 is 10.5 Å². The number of carbonyl (C=O) groups is 1. The highest BCUT2D eigenvalue weighted by molar-refractivity contribution is 8.17. The Morgan fingerprint density at radius 2 is 2.17 bits per heavy atom. The van der Waals surface area contributed by atoms with Crippen molar-refractivity contribution in [3.05, 3.63) is 64.2 Å². The number of allylic oxidation sites excluding steroid dienone is 1. The van der Waals surface area contributed by atoms with Crippen LogP contribution in [0, 0.1) is 18.2 Å². The molecule has 3 rings (SSSR count). The Morgan fingerprint density at radius 3 is 2.83 bits per heavy atom. The van der Waals surface area contributed by atoms with E-state index >= 15 is 0 Å². The van der Waals surface area contributed by atoms with Crippen molar-refractivity contribution in [1.82, 2.24) is 9.97 Å². The predicted molar refractivity (Wildman–Crippen MR) is 111 cm³/mol. The lowest BCUT2D eigenvalue weighted by molar-refractivity contribution is 0.0987. The normalized spacial score (nSPS) is 18.4. The first kappa shape index (κ1) is 20.6. The molecule has 2 aromatic rings. The Hall–Kier alpha value is -3.18. The third kappa shape index (κ3) is 4.81. The van der Waals surface area contributed by atoms with Gasteiger partial charge in [0.15, 0.2) is 17.6 Å². The maximum Gasteiger partial charge on any atom is 0.233 e. The van der Waals surface area contributed by atoms with Gasteiger partial charge in [-0.15, -0.1) is 6.42 Å². The molecule has 1 aliphatic rings. The Balaban J connectivity index is 1.82. The molecule has 0 unspecified atom stereocenters. The average molecular weight is 410 g/mol. The molecule has 0 bridgehead atoms. The van der Waals surface area contributed by atoms with Gasteiger partial charge in [-0.3, -0.25) is 4.79 Å². The number of amidine groups is 1. The molecule has 2 heterocycles. The van der Waals surface area contributed by atoms with Crippen LogP contribution in [0.25, 0.3) is 0 Å². The second kappa shape index (κ2) is 8.45. The number of rotatable bonds is 6. The first-order valence-electron chi connectivity index (χ1n) is 8.74. The lowest BCUT2D eigenvalue weighted by Gasteiger charge is -2.27. The van der Waals surface area contributed by atoms with Gasteiger partial charge >= 0.3 is 0 Å². The van der Waals surface area contributed by atoms with Gasteiger partial charge in [-0.05, 0) is 42.5 Å². The van der Waals surface area contributed by atoms with E-state index in [9.17, 15) is 9.18 Å². The summed E-state index contributed by atoms with van der Waals surface area (Å²) in [6, 6.07) is 4.54. The van der Waals surface area contributed by atoms with Crippen LogP contribution in [-0.2, 0) is 12.0 Å². The number of carbonyl (C=O) groups excluding carboxylic acids is 1. The monoisotopic (exact) mass is 410 g/mol. The first-order valence-corrected chi connectivity index (χ1v) is 9.55. The van der Waals surface area contributed by atoms with Crippen molar-refractivity contribution in [3.63, 3.8) is 0 Å². The third-order valence-electron chi connectivity index (χ3n) is 4.25. The summed E-state index contributed by atoms with van der Waals surface area (Å²) in [6.07, 6.45) is 9.69. The Bertz CT molecular complexity index is 1020. The summed E-state index contributed by atoms with van der Waals surface area (Å²) >= 11 is 1.34. The molecule has 0 fully saturated rings. The number of hydrogen-bond donors (Lipinski definition) is 1. The van der Waals surface area contributed by atoms with E-state index in [4.69, 9.17) is 16.9 Å². The number of aromatic nitrogens is 2. The van der Waals surface area contributed by atoms with Crippen LogP contribution in [0.5, 0.6) is 5.88 Å². The molecule has 148 valence electrons. The molecule has 0 saturated carbocycles. The molecule has 8 heteroatoms. The molecule has 6 nitrogen and oxygen atoms in total. The van der Waals surface area contributed by atoms with E-state index in [1.165, 1.54) is 30.2 Å². The number of terminal acetylenes is 1. The minimum Gasteiger partial charge on any atom is -0.463 e. The van der Waals surface area contributed by atoms with Gasteiger partial charge in [0.1, 0.15) is 17.1 Å². The highest BCUT2D eigenvalue weighted by atomic mass is 32.2. The molecule has 29 heavy (non-hydrogen) atoms. The molecular weight excluding hydrogens is 391 g/mol. The van der Waals surface area contributed by atoms with Crippen LogP contribution in [0.2, 0.25) is 0 Å². The molecule has 0 spiro atoms. The molecule has 0 radical (unpaired) electrons. The maximum atomic E-state index is 14.6. The van der Waals surface area contributed by atoms with E-state index in [0.717, 1.165) is 4.91 Å². The van der Waals surface area contributed by atoms with E-state index in [-0.39, 0.29) is 30.4 Å². The molecule has 0 saturated heterocycles. The van der Waals surface area contributed by atoms with Crippen LogP contribution < -0.4 is 10.5 Å². The Morgan fingerprint density at radius 1 is 1.38 bits per heavy atom. The van der Waals surface area contributed by atoms with E-state index in [1.54, 1.807) is 19.1 Å². The minimum absolute atomic E-state index is 0.0409. The summed E-state index contributed by atoms with van der Waals surface area (Å²) < 4.78 is 19.7. The van der Waals surface area contributed by atoms with Crippen molar-refractivity contribution in [3.8, 4) is 18.2 Å². The maximum absolute atomic E-state index is 14.6. The van der Waals surface area contributed by atoms with E-state index in [1.807, 2.05) is 13.0 Å². The van der Waals surface area contributed by atoms with Crippen LogP contribution in [0.1, 0.15) is 35.5 Å². The van der Waals surface area contributed by atoms with Gasteiger partial charge in [0.2, 0.25) is 5.88 Å². The zero-order chi connectivity index (χ0) is 21.0. The van der Waals surface area contributed by atoms with Crippen LogP contribution in [0.15, 0.2) is 46.6 Å². The van der Waals surface area contributed by atoms with Crippen LogP contribution in [0.4, 0.5) is 4.39 Å². The van der Waals surface area contributed by atoms with Crippen molar-refractivity contribution in [2.24, 2.45) is 10.7 Å². The SMILES string of the molecule is C#CCOc1cnc(C(=O)Cc2ccc(F)c([C@]3(C)C=C(C)SC(N)=N3)c2)cn1. The number of thioether (sulfide) groups is 1. The van der Waals surface area contributed by atoms with Crippen molar-refractivity contribution in [2.75, 3.05) is 6.61 Å². The minimum atomic E-state index is -0.932. The second-order valence-electron chi connectivity index (χ2n) is 6.60. The fraction of sp³-hybridized carbons (Fsp3) is 0.238. The van der Waals surface area contributed by atoms with E-state index in [2.05, 4.69) is 20.9 Å². The van der Waals surface area contributed by atoms with Crippen molar-refractivity contribution in [1.29, 1.82) is 0 Å². The van der Waals surface area contributed by atoms with Crippen molar-refractivity contribution in [2.45, 2.75) is 25.8 Å². The molecule has 1 atom stereocenters. The molecule has 0 amide bonds. The average Bonchev–Trinajstić information content (AvgIpc) is 2.67. The topological polar surface area (TPSA) is 90.5 Å². The number of nitrogens with zero attached hydrogens (tertiary/aromatic N) is 3. The molecule has 1 aromatic carbocycles. The number of aliphatic imine (C=N–C) groups is 1. The Labute approximate surface area is 172 Å². The second-order valence-corrected chi connectivity index (χ2v) is 7.87. The number of ketones is 1. The molecule has 0 aliphatic carbocycles. The number of halogens is 1. The summed E-state index contributed by atoms with van der Waals surface area (Å²) in [7, 11) is 0. The number of nitrogens with two attached hydrogens (primary N) is 1. The van der Waals surface area contributed by atoms with Gasteiger partial charge in [-0.1, -0.05) is 23.7 Å². The van der Waals surface area contributed by atoms with Crippen LogP contribution >= 0.6 is 11.8 Å². The summed E-state index contributed by atoms with van der Waals surface area (Å²) in [5.74, 6) is 1.90. The van der Waals surface area contributed by atoms with Crippen LogP contribution in [0.3, 0.4) is 0 Å². The van der Waals surface area contributed by atoms with Gasteiger partial charge in [-0.2, -0.15) is 0 Å². The summed E-state index contributed by atoms with van der Waals surface area (Å²) in [5, 5.41) is 0.371. The molecule has 1 aliphatic heterocycles. The largest absolute Gasteiger partial charge is 0.463 e. The van der Waals surface area contributed by atoms with E-state index in [0.29, 0.717) is 16.3 Å². The van der Waals surface area contributed by atoms with Crippen molar-refractivity contribution >= 4 is 22.7 Å². The van der Waals surface area contributed by atoms with Crippen LogP contribution in [-0.4, -0.2) is 27.5 Å². The lowest BCUT2D eigenvalue weighted by Crippen LogP contribution is -2.26. The molecular formula is C21H19FN4O2S. The standard InChI is InChI=1S/C21H19FN4O2S/c1-4-7-28-19-12-24-17(11-25-19)18(27)9-14-5-6-16(22)15(8-14)21(3)10-13(2)29-20(23)26-21/h1,5-6,8,10-12H,7,9H2,2-3H3,(H2,23,26)/t21-/m0/s1. The Kier molecular flexibility index (Phi) is 5.99. The number of ether oxygens (including phenoxy) is 1. The fourth-order valence-corrected chi connectivity index (χ4v) is 3.86. The number of benzene rings is 1. The predicted octanol–water partition coefficient (Wildman–Crippen LogP) is 3.23. The lowest BCUT2D eigenvalue weighted by atomic mass is 9.89. The summed E-state index contributed by atoms with van der Waals surface area (Å²) in [5.41, 5.74) is 6.13. The summed E-state index contributed by atoms with van der Waals surface area (Å²) in [4.78, 5) is 26.0. The first-order chi connectivity index (χ1) is 13.8. The highest BCUT2D eigenvalue weighted by Gasteiger charge is 2.30. The summed E-state index contributed by atoms with van der Waals surface area (Å²) in [6.45, 7) is 3.75. The number of Topliss-reactive ketones (excluding diaryl/α,β-unsaturated/α-hetero) is 1. The van der Waals surface area contributed by atoms with Gasteiger partial charge in [0, 0.05) is 12.0 Å². The van der Waals surface area contributed by atoms with Gasteiger partial charge in [0.25, 0.3) is 0 Å². The molecule has 1 aromatic heterocycles. The third-order valence-corrected chi connectivity index (χ3v) is 4.99. The van der Waals surface area contributed by atoms with Gasteiger partial charge in [0.05, 0.1) is 12.4 Å². The highest BCUT2D eigenvalue weighted by Crippen LogP contribution is 2.37. The smallest absolute Gasteiger partial charge is 0.233 e. The van der Waals surface area contributed by atoms with Gasteiger partial charge in [-0.25, -0.2) is 19.4 Å². The molecule has 2 N–H and O–H groups in total. The fourth-order valence-electron chi connectivity index (χ4n) is 3.01. The van der Waals surface area contributed by atoms with E-state index < -0.39 is 11.4 Å². The number of hydrogen-bond acceptors (Lipinski definition) is 7. The zero-order valence-electron chi connectivity index (χ0n) is 16.0. The zero-order valence-corrected chi connectivity index (χ0v) is 16.8. The van der Waals surface area contributed by atoms with Crippen molar-refractivity contribution < 1.29 is 13.9 Å².